The molecule has 2 N–H and O–H groups in total. The van der Waals surface area contributed by atoms with Crippen LogP contribution in [0.15, 0.2) is 64.1 Å². The van der Waals surface area contributed by atoms with Gasteiger partial charge in [-0.2, -0.15) is 0 Å². The smallest absolute Gasteiger partial charge is 0.247 e. The molecule has 2 aromatic carbocycles. The third-order valence-corrected chi connectivity index (χ3v) is 4.91. The Kier molecular flexibility index (Phi) is 5.01. The molecule has 2 aromatic rings. The Morgan fingerprint density at radius 2 is 1.92 bits per heavy atom. The van der Waals surface area contributed by atoms with Crippen molar-refractivity contribution in [3.63, 3.8) is 0 Å². The molecule has 1 saturated heterocycles. The number of rotatable bonds is 3. The van der Waals surface area contributed by atoms with Gasteiger partial charge in [0, 0.05) is 10.9 Å². The highest BCUT2D eigenvalue weighted by atomic mass is 79.9. The molecule has 1 atom stereocenters. The lowest BCUT2D eigenvalue weighted by Crippen LogP contribution is -2.31. The van der Waals surface area contributed by atoms with Gasteiger partial charge in [0.25, 0.3) is 0 Å². The van der Waals surface area contributed by atoms with E-state index in [2.05, 4.69) is 20.9 Å². The molecule has 1 aliphatic rings. The van der Waals surface area contributed by atoms with E-state index in [1.807, 2.05) is 36.4 Å². The predicted molar refractivity (Wildman–Crippen MR) is 100 cm³/mol. The van der Waals surface area contributed by atoms with E-state index >= 15 is 0 Å². The molecule has 122 valence electrons. The summed E-state index contributed by atoms with van der Waals surface area (Å²) in [5.41, 5.74) is 7.19. The maximum Gasteiger partial charge on any atom is 0.247 e. The van der Waals surface area contributed by atoms with Crippen LogP contribution < -0.4 is 10.6 Å². The molecule has 0 saturated carbocycles. The van der Waals surface area contributed by atoms with Crippen LogP contribution in [0.25, 0.3) is 0 Å². The number of nitrogens with two attached hydrogens (primary N) is 1. The highest BCUT2D eigenvalue weighted by molar-refractivity contribution is 9.10. The Hall–Kier alpha value is -2.12. The summed E-state index contributed by atoms with van der Waals surface area (Å²) in [5.74, 6) is -0.502. The third kappa shape index (κ3) is 3.68. The largest absolute Gasteiger partial charge is 0.378 e. The summed E-state index contributed by atoms with van der Waals surface area (Å²) in [5, 5.41) is -0.285. The van der Waals surface area contributed by atoms with E-state index in [0.717, 1.165) is 16.2 Å². The van der Waals surface area contributed by atoms with Crippen molar-refractivity contribution >= 4 is 56.0 Å². The number of carbonyl (C=O) groups excluding carboxylic acids is 2. The molecule has 0 spiro atoms. The zero-order valence-electron chi connectivity index (χ0n) is 12.6. The monoisotopic (exact) mass is 403 g/mol. The van der Waals surface area contributed by atoms with Crippen molar-refractivity contribution in [3.8, 4) is 0 Å². The fraction of sp³-hybridized carbons (Fsp3) is 0.118. The van der Waals surface area contributed by atoms with Gasteiger partial charge in [-0.3, -0.25) is 9.59 Å². The van der Waals surface area contributed by atoms with Gasteiger partial charge in [0.1, 0.15) is 5.25 Å². The lowest BCUT2D eigenvalue weighted by atomic mass is 10.3. The number of amides is 2. The first kappa shape index (κ1) is 16.7. The predicted octanol–water partition coefficient (Wildman–Crippen LogP) is 3.46. The molecule has 1 fully saturated rings. The quantitative estimate of drug-likeness (QED) is 0.483. The molecule has 1 unspecified atom stereocenters. The Morgan fingerprint density at radius 3 is 2.62 bits per heavy atom. The maximum atomic E-state index is 12.6. The van der Waals surface area contributed by atoms with Gasteiger partial charge in [0.15, 0.2) is 5.17 Å². The van der Waals surface area contributed by atoms with Crippen LogP contribution in [-0.4, -0.2) is 22.2 Å². The number of aliphatic imine (C=N–C) groups is 1. The van der Waals surface area contributed by atoms with Crippen molar-refractivity contribution in [2.75, 3.05) is 4.90 Å². The fourth-order valence-corrected chi connectivity index (χ4v) is 3.65. The second kappa shape index (κ2) is 7.19. The summed E-state index contributed by atoms with van der Waals surface area (Å²) in [4.78, 5) is 30.3. The number of imide groups is 1. The van der Waals surface area contributed by atoms with E-state index in [4.69, 9.17) is 5.73 Å². The second-order valence-electron chi connectivity index (χ2n) is 5.14. The van der Waals surface area contributed by atoms with Crippen LogP contribution >= 0.6 is 27.7 Å². The molecule has 0 bridgehead atoms. The van der Waals surface area contributed by atoms with E-state index < -0.39 is 5.25 Å². The molecule has 1 heterocycles. The van der Waals surface area contributed by atoms with E-state index in [1.165, 1.54) is 4.90 Å². The van der Waals surface area contributed by atoms with E-state index in [9.17, 15) is 9.59 Å². The first-order valence-corrected chi connectivity index (χ1v) is 8.90. The molecule has 0 aromatic heterocycles. The van der Waals surface area contributed by atoms with Gasteiger partial charge in [-0.05, 0) is 30.3 Å². The lowest BCUT2D eigenvalue weighted by molar-refractivity contribution is -0.121. The summed E-state index contributed by atoms with van der Waals surface area (Å²) in [6.45, 7) is 0. The van der Waals surface area contributed by atoms with Crippen LogP contribution in [0.5, 0.6) is 0 Å². The van der Waals surface area contributed by atoms with Crippen molar-refractivity contribution in [1.82, 2.24) is 0 Å². The van der Waals surface area contributed by atoms with Gasteiger partial charge in [-0.1, -0.05) is 52.0 Å². The molecule has 2 amide bonds. The highest BCUT2D eigenvalue weighted by Gasteiger charge is 2.40. The number of hydrogen-bond donors (Lipinski definition) is 1. The summed E-state index contributed by atoms with van der Waals surface area (Å²) in [6.07, 6.45) is 0.112. The topological polar surface area (TPSA) is 75.8 Å². The number of anilines is 1. The normalized spacial score (nSPS) is 18.3. The molecule has 1 aliphatic heterocycles. The van der Waals surface area contributed by atoms with Crippen molar-refractivity contribution in [2.24, 2.45) is 10.7 Å². The van der Waals surface area contributed by atoms with Crippen LogP contribution in [0.3, 0.4) is 0 Å². The molecular weight excluding hydrogens is 390 g/mol. The number of carbonyl (C=O) groups is 2. The number of hydrogen-bond acceptors (Lipinski definition) is 4. The molecule has 3 rings (SSSR count). The lowest BCUT2D eigenvalue weighted by Gasteiger charge is -2.15. The Labute approximate surface area is 152 Å². The highest BCUT2D eigenvalue weighted by Crippen LogP contribution is 2.31. The van der Waals surface area contributed by atoms with Crippen molar-refractivity contribution < 1.29 is 9.59 Å². The number of nitrogens with zero attached hydrogens (tertiary/aromatic N) is 2. The molecule has 7 heteroatoms. The number of para-hydroxylation sites is 1. The Morgan fingerprint density at radius 1 is 1.17 bits per heavy atom. The zero-order valence-corrected chi connectivity index (χ0v) is 15.0. The number of benzene rings is 2. The Bertz CT molecular complexity index is 810. The summed E-state index contributed by atoms with van der Waals surface area (Å²) >= 11 is 4.47. The first-order valence-electron chi connectivity index (χ1n) is 7.23. The Balaban J connectivity index is 1.76. The summed E-state index contributed by atoms with van der Waals surface area (Å²) < 4.78 is 0.807. The van der Waals surface area contributed by atoms with Gasteiger partial charge in [-0.25, -0.2) is 9.89 Å². The van der Waals surface area contributed by atoms with E-state index in [1.54, 1.807) is 18.2 Å². The van der Waals surface area contributed by atoms with Crippen molar-refractivity contribution in [1.29, 1.82) is 0 Å². The summed E-state index contributed by atoms with van der Waals surface area (Å²) in [7, 11) is 0. The standard InChI is InChI=1S/C17H14BrN3O2S/c18-11-5-4-8-13(9-11)21-15(22)10-14(16(21)23)24-17(19)20-12-6-2-1-3-7-12/h1-9,14H,10H2,(H2,19,20). The average Bonchev–Trinajstić information content (AvgIpc) is 2.82. The van der Waals surface area contributed by atoms with Crippen molar-refractivity contribution in [3.05, 3.63) is 59.1 Å². The molecule has 0 radical (unpaired) electrons. The summed E-state index contributed by atoms with van der Waals surface area (Å²) in [6, 6.07) is 16.3. The minimum atomic E-state index is -0.552. The minimum absolute atomic E-state index is 0.112. The van der Waals surface area contributed by atoms with Crippen LogP contribution in [-0.2, 0) is 9.59 Å². The molecule has 5 nitrogen and oxygen atoms in total. The van der Waals surface area contributed by atoms with Gasteiger partial charge >= 0.3 is 0 Å². The minimum Gasteiger partial charge on any atom is -0.378 e. The maximum absolute atomic E-state index is 12.6. The fourth-order valence-electron chi connectivity index (χ4n) is 2.38. The van der Waals surface area contributed by atoms with Crippen molar-refractivity contribution in [2.45, 2.75) is 11.7 Å². The first-order chi connectivity index (χ1) is 11.5. The van der Waals surface area contributed by atoms with Gasteiger partial charge in [0.2, 0.25) is 11.8 Å². The van der Waals surface area contributed by atoms with Crippen LogP contribution in [0.2, 0.25) is 0 Å². The molecular formula is C17H14BrN3O2S. The van der Waals surface area contributed by atoms with Gasteiger partial charge in [0.05, 0.1) is 11.4 Å². The average molecular weight is 404 g/mol. The van der Waals surface area contributed by atoms with Gasteiger partial charge in [-0.15, -0.1) is 0 Å². The van der Waals surface area contributed by atoms with Crippen LogP contribution in [0.1, 0.15) is 6.42 Å². The molecule has 24 heavy (non-hydrogen) atoms. The third-order valence-electron chi connectivity index (χ3n) is 3.43. The van der Waals surface area contributed by atoms with Crippen LogP contribution in [0, 0.1) is 0 Å². The van der Waals surface area contributed by atoms with Crippen LogP contribution in [0.4, 0.5) is 11.4 Å². The van der Waals surface area contributed by atoms with E-state index in [0.29, 0.717) is 11.4 Å². The second-order valence-corrected chi connectivity index (χ2v) is 7.28. The number of amidine groups is 1. The van der Waals surface area contributed by atoms with Gasteiger partial charge < -0.3 is 5.73 Å². The number of thioether (sulfide) groups is 1. The molecule has 0 aliphatic carbocycles. The SMILES string of the molecule is NC(=Nc1ccccc1)SC1CC(=O)N(c2cccc(Br)c2)C1=O. The van der Waals surface area contributed by atoms with E-state index in [-0.39, 0.29) is 23.4 Å². The number of halogens is 1. The zero-order chi connectivity index (χ0) is 17.1.